The first kappa shape index (κ1) is 14.2. The molecule has 0 aliphatic heterocycles. The van der Waals surface area contributed by atoms with Crippen LogP contribution in [0.2, 0.25) is 0 Å². The number of hydrogen-bond donors (Lipinski definition) is 1. The van der Waals surface area contributed by atoms with Crippen LogP contribution < -0.4 is 0 Å². The van der Waals surface area contributed by atoms with Gasteiger partial charge in [0.2, 0.25) is 0 Å². The summed E-state index contributed by atoms with van der Waals surface area (Å²) >= 11 is 1.74. The summed E-state index contributed by atoms with van der Waals surface area (Å²) in [5.74, 6) is 0.850. The van der Waals surface area contributed by atoms with Crippen molar-refractivity contribution in [3.05, 3.63) is 47.8 Å². The van der Waals surface area contributed by atoms with E-state index in [-0.39, 0.29) is 0 Å². The van der Waals surface area contributed by atoms with Crippen LogP contribution in [-0.4, -0.2) is 14.9 Å². The average Bonchev–Trinajstić information content (AvgIpc) is 2.85. The second kappa shape index (κ2) is 6.26. The maximum atomic E-state index is 9.57. The van der Waals surface area contributed by atoms with Gasteiger partial charge in [-0.1, -0.05) is 12.1 Å². The summed E-state index contributed by atoms with van der Waals surface area (Å²) in [6.07, 6.45) is 1.60. The first-order chi connectivity index (χ1) is 9.06. The molecule has 19 heavy (non-hydrogen) atoms. The van der Waals surface area contributed by atoms with Crippen molar-refractivity contribution in [1.29, 1.82) is 0 Å². The van der Waals surface area contributed by atoms with E-state index in [9.17, 15) is 5.11 Å². The van der Waals surface area contributed by atoms with Gasteiger partial charge in [-0.3, -0.25) is 4.68 Å². The Kier molecular flexibility index (Phi) is 4.66. The summed E-state index contributed by atoms with van der Waals surface area (Å²) in [5, 5.41) is 14.1. The quantitative estimate of drug-likeness (QED) is 0.844. The predicted molar refractivity (Wildman–Crippen MR) is 79.2 cm³/mol. The Balaban J connectivity index is 1.99. The second-order valence-corrected chi connectivity index (χ2v) is 5.97. The van der Waals surface area contributed by atoms with Crippen LogP contribution in [0.1, 0.15) is 44.2 Å². The van der Waals surface area contributed by atoms with Gasteiger partial charge >= 0.3 is 0 Å². The zero-order chi connectivity index (χ0) is 13.8. The van der Waals surface area contributed by atoms with Gasteiger partial charge in [0.25, 0.3) is 0 Å². The first-order valence-electron chi connectivity index (χ1n) is 6.51. The zero-order valence-corrected chi connectivity index (χ0v) is 12.4. The molecule has 0 bridgehead atoms. The molecule has 2 rings (SSSR count). The summed E-state index contributed by atoms with van der Waals surface area (Å²) in [6, 6.07) is 10.5. The monoisotopic (exact) mass is 276 g/mol. The van der Waals surface area contributed by atoms with E-state index in [1.165, 1.54) is 0 Å². The summed E-state index contributed by atoms with van der Waals surface area (Å²) in [7, 11) is 0. The Hall–Kier alpha value is -1.26. The van der Waals surface area contributed by atoms with Gasteiger partial charge in [0.05, 0.1) is 11.8 Å². The Morgan fingerprint density at radius 2 is 2.05 bits per heavy atom. The molecule has 1 unspecified atom stereocenters. The van der Waals surface area contributed by atoms with Gasteiger partial charge in [-0.15, -0.1) is 11.8 Å². The molecule has 0 saturated carbocycles. The number of rotatable bonds is 5. The van der Waals surface area contributed by atoms with Gasteiger partial charge in [0, 0.05) is 22.9 Å². The number of thioether (sulfide) groups is 1. The van der Waals surface area contributed by atoms with Crippen molar-refractivity contribution < 1.29 is 5.11 Å². The molecule has 1 aromatic heterocycles. The van der Waals surface area contributed by atoms with Gasteiger partial charge in [0.1, 0.15) is 0 Å². The van der Waals surface area contributed by atoms with E-state index >= 15 is 0 Å². The summed E-state index contributed by atoms with van der Waals surface area (Å²) in [4.78, 5) is 1.16. The standard InChI is InChI=1S/C15H20N2OS/c1-11(2)17-8-7-14(16-17)10-19-15-6-4-5-13(9-15)12(3)18/h4-9,11-12,18H,10H2,1-3H3. The van der Waals surface area contributed by atoms with Gasteiger partial charge in [-0.25, -0.2) is 0 Å². The molecule has 102 valence electrons. The minimum Gasteiger partial charge on any atom is -0.389 e. The largest absolute Gasteiger partial charge is 0.389 e. The zero-order valence-electron chi connectivity index (χ0n) is 11.6. The van der Waals surface area contributed by atoms with Crippen molar-refractivity contribution in [3.8, 4) is 0 Å². The van der Waals surface area contributed by atoms with Gasteiger partial charge in [-0.05, 0) is 44.5 Å². The molecule has 1 heterocycles. The van der Waals surface area contributed by atoms with Crippen LogP contribution in [0.5, 0.6) is 0 Å². The fourth-order valence-corrected chi connectivity index (χ4v) is 2.63. The fraction of sp³-hybridized carbons (Fsp3) is 0.400. The van der Waals surface area contributed by atoms with Gasteiger partial charge in [0.15, 0.2) is 0 Å². The SMILES string of the molecule is CC(O)c1cccc(SCc2ccn(C(C)C)n2)c1. The van der Waals surface area contributed by atoms with Crippen LogP contribution in [0.4, 0.5) is 0 Å². The van der Waals surface area contributed by atoms with Crippen LogP contribution in [0.3, 0.4) is 0 Å². The van der Waals surface area contributed by atoms with Crippen LogP contribution in [0.25, 0.3) is 0 Å². The molecule has 0 radical (unpaired) electrons. The molecule has 0 amide bonds. The maximum absolute atomic E-state index is 9.57. The van der Waals surface area contributed by atoms with E-state index in [4.69, 9.17) is 0 Å². The van der Waals surface area contributed by atoms with Crippen LogP contribution in [0, 0.1) is 0 Å². The lowest BCUT2D eigenvalue weighted by atomic mass is 10.1. The van der Waals surface area contributed by atoms with Crippen molar-refractivity contribution in [1.82, 2.24) is 9.78 Å². The normalized spacial score (nSPS) is 12.9. The van der Waals surface area contributed by atoms with E-state index in [1.54, 1.807) is 18.7 Å². The summed E-state index contributed by atoms with van der Waals surface area (Å²) in [5.41, 5.74) is 2.04. The number of aliphatic hydroxyl groups excluding tert-OH is 1. The molecule has 2 aromatic rings. The topological polar surface area (TPSA) is 38.0 Å². The molecule has 0 spiro atoms. The molecule has 0 aliphatic rings. The molecule has 1 aromatic carbocycles. The summed E-state index contributed by atoms with van der Waals surface area (Å²) < 4.78 is 1.97. The van der Waals surface area contributed by atoms with Gasteiger partial charge in [-0.2, -0.15) is 5.10 Å². The molecule has 3 nitrogen and oxygen atoms in total. The molecule has 1 N–H and O–H groups in total. The van der Waals surface area contributed by atoms with E-state index in [0.29, 0.717) is 6.04 Å². The second-order valence-electron chi connectivity index (χ2n) is 4.92. The van der Waals surface area contributed by atoms with Crippen molar-refractivity contribution >= 4 is 11.8 Å². The van der Waals surface area contributed by atoms with Crippen molar-refractivity contribution in [2.45, 2.75) is 43.6 Å². The molecule has 1 atom stereocenters. The highest BCUT2D eigenvalue weighted by atomic mass is 32.2. The third-order valence-corrected chi connectivity index (χ3v) is 3.95. The number of aromatic nitrogens is 2. The molecule has 0 aliphatic carbocycles. The molecule has 0 saturated heterocycles. The lowest BCUT2D eigenvalue weighted by Gasteiger charge is -2.07. The van der Waals surface area contributed by atoms with Crippen LogP contribution >= 0.6 is 11.8 Å². The number of hydrogen-bond acceptors (Lipinski definition) is 3. The number of aliphatic hydroxyl groups is 1. The van der Waals surface area contributed by atoms with Crippen LogP contribution in [-0.2, 0) is 5.75 Å². The average molecular weight is 276 g/mol. The third-order valence-electron chi connectivity index (χ3n) is 2.92. The summed E-state index contributed by atoms with van der Waals surface area (Å²) in [6.45, 7) is 6.03. The van der Waals surface area contributed by atoms with Crippen molar-refractivity contribution in [3.63, 3.8) is 0 Å². The third kappa shape index (κ3) is 3.85. The van der Waals surface area contributed by atoms with E-state index in [2.05, 4.69) is 31.1 Å². The number of nitrogens with zero attached hydrogens (tertiary/aromatic N) is 2. The van der Waals surface area contributed by atoms with E-state index in [1.807, 2.05) is 29.1 Å². The Labute approximate surface area is 118 Å². The molecule has 4 heteroatoms. The minimum absolute atomic E-state index is 0.400. The van der Waals surface area contributed by atoms with Gasteiger partial charge < -0.3 is 5.11 Å². The molecular weight excluding hydrogens is 256 g/mol. The highest BCUT2D eigenvalue weighted by Gasteiger charge is 2.05. The van der Waals surface area contributed by atoms with E-state index < -0.39 is 6.10 Å². The smallest absolute Gasteiger partial charge is 0.0762 e. The predicted octanol–water partition coefficient (Wildman–Crippen LogP) is 3.81. The van der Waals surface area contributed by atoms with E-state index in [0.717, 1.165) is 21.9 Å². The molecule has 0 fully saturated rings. The van der Waals surface area contributed by atoms with Crippen molar-refractivity contribution in [2.24, 2.45) is 0 Å². The highest BCUT2D eigenvalue weighted by molar-refractivity contribution is 7.98. The lowest BCUT2D eigenvalue weighted by Crippen LogP contribution is -2.01. The Morgan fingerprint density at radius 1 is 1.26 bits per heavy atom. The van der Waals surface area contributed by atoms with Crippen molar-refractivity contribution in [2.75, 3.05) is 0 Å². The highest BCUT2D eigenvalue weighted by Crippen LogP contribution is 2.25. The van der Waals surface area contributed by atoms with Crippen LogP contribution in [0.15, 0.2) is 41.4 Å². The Bertz CT molecular complexity index is 534. The fourth-order valence-electron chi connectivity index (χ4n) is 1.76. The lowest BCUT2D eigenvalue weighted by molar-refractivity contribution is 0.199. The first-order valence-corrected chi connectivity index (χ1v) is 7.49. The molecular formula is C15H20N2OS. The Morgan fingerprint density at radius 3 is 2.68 bits per heavy atom. The number of benzene rings is 1. The minimum atomic E-state index is -0.416. The maximum Gasteiger partial charge on any atom is 0.0762 e.